The summed E-state index contributed by atoms with van der Waals surface area (Å²) in [7, 11) is 0. The number of nitrogens with zero attached hydrogens (tertiary/aromatic N) is 1. The van der Waals surface area contributed by atoms with E-state index >= 15 is 0 Å². The van der Waals surface area contributed by atoms with Crippen molar-refractivity contribution in [1.29, 1.82) is 0 Å². The number of hydrogen-bond donors (Lipinski definition) is 0. The SMILES string of the molecule is c1ccc2c(c1)[Se]c1cccc3c1B2c1cccc(-c2cc4ccccc4cn2)c1[Se]3. The number of fused-ring (bicyclic) bond motifs is 5. The van der Waals surface area contributed by atoms with Gasteiger partial charge >= 0.3 is 195 Å². The zero-order valence-corrected chi connectivity index (χ0v) is 20.0. The Hall–Kier alpha value is -2.61. The van der Waals surface area contributed by atoms with E-state index in [1.807, 2.05) is 6.20 Å². The first-order valence-electron chi connectivity index (χ1n) is 10.4. The predicted molar refractivity (Wildman–Crippen MR) is 135 cm³/mol. The van der Waals surface area contributed by atoms with Crippen LogP contribution in [0.3, 0.4) is 0 Å². The number of aromatic nitrogens is 1. The fraction of sp³-hybridized carbons (Fsp3) is 0. The maximum absolute atomic E-state index is 4.88. The molecule has 1 aromatic heterocycles. The van der Waals surface area contributed by atoms with E-state index in [1.54, 1.807) is 14.4 Å². The van der Waals surface area contributed by atoms with Crippen LogP contribution in [0.25, 0.3) is 22.0 Å². The number of benzene rings is 4. The maximum atomic E-state index is 4.88. The molecule has 4 heteroatoms. The zero-order chi connectivity index (χ0) is 20.4. The Morgan fingerprint density at radius 3 is 2.26 bits per heavy atom. The second-order valence-electron chi connectivity index (χ2n) is 7.98. The molecule has 1 nitrogen and oxygen atoms in total. The van der Waals surface area contributed by atoms with Gasteiger partial charge in [0.05, 0.1) is 0 Å². The summed E-state index contributed by atoms with van der Waals surface area (Å²) in [5.74, 6) is 0. The summed E-state index contributed by atoms with van der Waals surface area (Å²) in [4.78, 5) is 4.88. The minimum absolute atomic E-state index is 0.281. The molecule has 2 aliphatic heterocycles. The fourth-order valence-electron chi connectivity index (χ4n) is 4.83. The molecule has 2 aliphatic rings. The number of pyridine rings is 1. The summed E-state index contributed by atoms with van der Waals surface area (Å²) in [6.45, 7) is 0.351. The summed E-state index contributed by atoms with van der Waals surface area (Å²) >= 11 is 0.674. The van der Waals surface area contributed by atoms with Gasteiger partial charge in [-0.25, -0.2) is 0 Å². The Balaban J connectivity index is 1.49. The van der Waals surface area contributed by atoms with Gasteiger partial charge in [-0.1, -0.05) is 0 Å². The monoisotopic (exact) mass is 525 g/mol. The average Bonchev–Trinajstić information content (AvgIpc) is 2.83. The molecule has 0 spiro atoms. The van der Waals surface area contributed by atoms with E-state index in [2.05, 4.69) is 91.0 Å². The standard InChI is InChI=1S/C27H16BNSe2/c1-2-8-18-16-29-22(15-17(18)7-1)19-9-5-11-21-27(19)31-25-14-6-13-24-26(25)28(21)20-10-3-4-12-23(20)30-24/h1-16H. The van der Waals surface area contributed by atoms with E-state index in [0.29, 0.717) is 21.7 Å². The summed E-state index contributed by atoms with van der Waals surface area (Å²) < 4.78 is 6.14. The molecule has 0 radical (unpaired) electrons. The normalized spacial score (nSPS) is 13.5. The summed E-state index contributed by atoms with van der Waals surface area (Å²) in [5, 5.41) is 2.45. The summed E-state index contributed by atoms with van der Waals surface area (Å²) in [6.07, 6.45) is 2.02. The molecular weight excluding hydrogens is 507 g/mol. The van der Waals surface area contributed by atoms with Gasteiger partial charge in [0.1, 0.15) is 0 Å². The van der Waals surface area contributed by atoms with Crippen molar-refractivity contribution in [2.75, 3.05) is 0 Å². The van der Waals surface area contributed by atoms with Gasteiger partial charge in [0, 0.05) is 0 Å². The van der Waals surface area contributed by atoms with Gasteiger partial charge in [0.25, 0.3) is 0 Å². The average molecular weight is 523 g/mol. The Morgan fingerprint density at radius 2 is 1.32 bits per heavy atom. The molecular formula is C27H16BNSe2. The van der Waals surface area contributed by atoms with Crippen molar-refractivity contribution in [1.82, 2.24) is 4.98 Å². The molecule has 0 aliphatic carbocycles. The van der Waals surface area contributed by atoms with Gasteiger partial charge in [0.2, 0.25) is 0 Å². The van der Waals surface area contributed by atoms with Gasteiger partial charge in [-0.3, -0.25) is 0 Å². The van der Waals surface area contributed by atoms with Gasteiger partial charge in [-0.05, 0) is 0 Å². The third-order valence-corrected chi connectivity index (χ3v) is 11.3. The van der Waals surface area contributed by atoms with E-state index in [-0.39, 0.29) is 15.0 Å². The van der Waals surface area contributed by atoms with Crippen molar-refractivity contribution < 1.29 is 0 Å². The van der Waals surface area contributed by atoms with E-state index in [1.165, 1.54) is 36.2 Å². The van der Waals surface area contributed by atoms with Crippen molar-refractivity contribution in [3.8, 4) is 11.3 Å². The van der Waals surface area contributed by atoms with Crippen LogP contribution in [-0.4, -0.2) is 41.6 Å². The van der Waals surface area contributed by atoms with Crippen LogP contribution in [0, 0.1) is 0 Å². The molecule has 4 aromatic carbocycles. The van der Waals surface area contributed by atoms with Gasteiger partial charge in [0.15, 0.2) is 0 Å². The number of hydrogen-bond acceptors (Lipinski definition) is 1. The zero-order valence-electron chi connectivity index (χ0n) is 16.6. The van der Waals surface area contributed by atoms with E-state index in [9.17, 15) is 0 Å². The van der Waals surface area contributed by atoms with Crippen molar-refractivity contribution >= 4 is 81.6 Å². The van der Waals surface area contributed by atoms with Crippen LogP contribution in [0.1, 0.15) is 0 Å². The second kappa shape index (κ2) is 6.95. The first-order chi connectivity index (χ1) is 15.4. The van der Waals surface area contributed by atoms with Gasteiger partial charge < -0.3 is 0 Å². The molecule has 0 fully saturated rings. The molecule has 0 unspecified atom stereocenters. The Labute approximate surface area is 194 Å². The topological polar surface area (TPSA) is 12.9 Å². The van der Waals surface area contributed by atoms with Crippen LogP contribution in [0.5, 0.6) is 0 Å². The first kappa shape index (κ1) is 18.0. The third-order valence-electron chi connectivity index (χ3n) is 6.24. The Kier molecular flexibility index (Phi) is 4.04. The van der Waals surface area contributed by atoms with Crippen molar-refractivity contribution in [3.05, 3.63) is 97.2 Å². The molecule has 0 saturated carbocycles. The predicted octanol–water partition coefficient (Wildman–Crippen LogP) is 0.355. The summed E-state index contributed by atoms with van der Waals surface area (Å²) in [6, 6.07) is 33.7. The molecule has 0 saturated heterocycles. The van der Waals surface area contributed by atoms with Crippen LogP contribution in [-0.2, 0) is 0 Å². The van der Waals surface area contributed by atoms with Crippen LogP contribution < -0.4 is 34.2 Å². The summed E-state index contributed by atoms with van der Waals surface area (Å²) in [5.41, 5.74) is 6.97. The van der Waals surface area contributed by atoms with Crippen LogP contribution >= 0.6 is 0 Å². The van der Waals surface area contributed by atoms with Crippen molar-refractivity contribution in [2.24, 2.45) is 0 Å². The number of rotatable bonds is 1. The molecule has 7 rings (SSSR count). The van der Waals surface area contributed by atoms with Gasteiger partial charge in [-0.15, -0.1) is 0 Å². The van der Waals surface area contributed by atoms with Crippen molar-refractivity contribution in [3.63, 3.8) is 0 Å². The van der Waals surface area contributed by atoms with E-state index < -0.39 is 0 Å². The minimum atomic E-state index is 0.281. The molecule has 0 amide bonds. The molecule has 144 valence electrons. The first-order valence-corrected chi connectivity index (χ1v) is 13.8. The second-order valence-corrected chi connectivity index (χ2v) is 12.5. The molecule has 0 N–H and O–H groups in total. The van der Waals surface area contributed by atoms with Crippen LogP contribution in [0.4, 0.5) is 0 Å². The molecule has 5 aromatic rings. The molecule has 31 heavy (non-hydrogen) atoms. The third kappa shape index (κ3) is 2.73. The van der Waals surface area contributed by atoms with E-state index in [4.69, 9.17) is 4.98 Å². The Bertz CT molecular complexity index is 1510. The quantitative estimate of drug-likeness (QED) is 0.284. The van der Waals surface area contributed by atoms with Gasteiger partial charge in [-0.2, -0.15) is 0 Å². The van der Waals surface area contributed by atoms with Crippen LogP contribution in [0.15, 0.2) is 97.2 Å². The van der Waals surface area contributed by atoms with E-state index in [0.717, 1.165) is 5.69 Å². The Morgan fingerprint density at radius 1 is 0.613 bits per heavy atom. The molecule has 3 heterocycles. The fourth-order valence-corrected chi connectivity index (χ4v) is 10.3. The van der Waals surface area contributed by atoms with Crippen molar-refractivity contribution in [2.45, 2.75) is 0 Å². The molecule has 0 bridgehead atoms. The van der Waals surface area contributed by atoms with Crippen LogP contribution in [0.2, 0.25) is 0 Å². The molecule has 0 atom stereocenters.